The fourth-order valence-corrected chi connectivity index (χ4v) is 4.05. The Balaban J connectivity index is 2.05. The number of aliphatic imine (C=N–C) groups is 1. The van der Waals surface area contributed by atoms with Crippen LogP contribution < -0.4 is 0 Å². The number of para-hydroxylation sites is 1. The number of aromatic nitrogens is 1. The zero-order valence-electron chi connectivity index (χ0n) is 13.0. The molecule has 2 heterocycles. The summed E-state index contributed by atoms with van der Waals surface area (Å²) in [6, 6.07) is 6.87. The zero-order valence-corrected chi connectivity index (χ0v) is 14.6. The third-order valence-electron chi connectivity index (χ3n) is 3.85. The summed E-state index contributed by atoms with van der Waals surface area (Å²) in [6.07, 6.45) is 4.63. The van der Waals surface area contributed by atoms with Gasteiger partial charge < -0.3 is 10.2 Å². The molecular weight excluding hydrogens is 344 g/mol. The number of rotatable bonds is 5. The Labute approximate surface area is 148 Å². The molecule has 0 unspecified atom stereocenters. The lowest BCUT2D eigenvalue weighted by Crippen LogP contribution is -2.18. The fourth-order valence-electron chi connectivity index (χ4n) is 2.69. The first-order valence-corrected chi connectivity index (χ1v) is 8.77. The second-order valence-electron chi connectivity index (χ2n) is 5.44. The third kappa shape index (κ3) is 2.92. The quantitative estimate of drug-likeness (QED) is 0.760. The smallest absolute Gasteiger partial charge is 0.326 e. The predicted molar refractivity (Wildman–Crippen MR) is 98.9 cm³/mol. The van der Waals surface area contributed by atoms with Crippen LogP contribution in [0.3, 0.4) is 0 Å². The number of aliphatic carboxylic acids is 1. The average molecular weight is 360 g/mol. The Bertz CT molecular complexity index is 909. The van der Waals surface area contributed by atoms with E-state index in [2.05, 4.69) is 4.99 Å². The van der Waals surface area contributed by atoms with Gasteiger partial charge in [-0.05, 0) is 30.8 Å². The maximum Gasteiger partial charge on any atom is 0.326 e. The van der Waals surface area contributed by atoms with Crippen LogP contribution in [0.2, 0.25) is 0 Å². The highest BCUT2D eigenvalue weighted by molar-refractivity contribution is 7.73. The van der Waals surface area contributed by atoms with Gasteiger partial charge in [0.15, 0.2) is 3.95 Å². The Morgan fingerprint density at radius 1 is 1.46 bits per heavy atom. The first kappa shape index (κ1) is 16.6. The topological polar surface area (TPSA) is 74.8 Å². The molecule has 5 nitrogen and oxygen atoms in total. The molecular formula is C17H16N2O3S2. The van der Waals surface area contributed by atoms with E-state index < -0.39 is 12.0 Å². The molecule has 0 spiro atoms. The monoisotopic (exact) mass is 360 g/mol. The molecule has 0 amide bonds. The van der Waals surface area contributed by atoms with E-state index in [1.807, 2.05) is 31.2 Å². The molecule has 124 valence electrons. The molecule has 2 aromatic rings. The van der Waals surface area contributed by atoms with Crippen molar-refractivity contribution in [2.24, 2.45) is 4.99 Å². The molecule has 1 aliphatic heterocycles. The van der Waals surface area contributed by atoms with Gasteiger partial charge in [-0.3, -0.25) is 9.56 Å². The largest absolute Gasteiger partial charge is 0.493 e. The highest BCUT2D eigenvalue weighted by Gasteiger charge is 2.25. The number of allylic oxidation sites excluding steroid dienone is 1. The summed E-state index contributed by atoms with van der Waals surface area (Å²) in [5, 5.41) is 19.9. The number of aromatic hydroxyl groups is 1. The van der Waals surface area contributed by atoms with Crippen molar-refractivity contribution in [3.05, 3.63) is 38.7 Å². The number of hydrogen-bond donors (Lipinski definition) is 2. The van der Waals surface area contributed by atoms with Crippen molar-refractivity contribution < 1.29 is 15.0 Å². The molecule has 0 saturated carbocycles. The summed E-state index contributed by atoms with van der Waals surface area (Å²) in [4.78, 5) is 16.4. The third-order valence-corrected chi connectivity index (χ3v) is 5.18. The summed E-state index contributed by atoms with van der Waals surface area (Å²) in [6.45, 7) is 1.90. The molecule has 1 aliphatic rings. The van der Waals surface area contributed by atoms with Gasteiger partial charge in [0.25, 0.3) is 0 Å². The van der Waals surface area contributed by atoms with Crippen molar-refractivity contribution in [2.75, 3.05) is 0 Å². The second-order valence-corrected chi connectivity index (χ2v) is 7.12. The maximum atomic E-state index is 11.5. The molecule has 0 aliphatic carbocycles. The summed E-state index contributed by atoms with van der Waals surface area (Å²) in [7, 11) is 0. The molecule has 1 aromatic carbocycles. The van der Waals surface area contributed by atoms with E-state index in [9.17, 15) is 15.0 Å². The lowest BCUT2D eigenvalue weighted by molar-refractivity contribution is -0.141. The Morgan fingerprint density at radius 2 is 2.21 bits per heavy atom. The fraction of sp³-hybridized carbons (Fsp3) is 0.235. The van der Waals surface area contributed by atoms with Gasteiger partial charge in [-0.2, -0.15) is 0 Å². The van der Waals surface area contributed by atoms with Crippen molar-refractivity contribution >= 4 is 53.1 Å². The van der Waals surface area contributed by atoms with Crippen molar-refractivity contribution in [3.63, 3.8) is 0 Å². The molecule has 2 N–H and O–H groups in total. The van der Waals surface area contributed by atoms with Crippen LogP contribution in [0.4, 0.5) is 5.69 Å². The van der Waals surface area contributed by atoms with Gasteiger partial charge in [0.1, 0.15) is 6.04 Å². The molecule has 7 heteroatoms. The molecule has 3 rings (SSSR count). The molecule has 0 saturated heterocycles. The lowest BCUT2D eigenvalue weighted by atomic mass is 10.1. The summed E-state index contributed by atoms with van der Waals surface area (Å²) < 4.78 is 1.68. The van der Waals surface area contributed by atoms with E-state index in [-0.39, 0.29) is 5.88 Å². The standard InChI is InChI=1S/C17H16N2O3S2/c1-2-5-13(16(21)22)19-15(20)14(24-17(19)23)8-10-9-18-12-7-4-3-6-11(10)12/h3-4,6-9,13,20H,2,5H2,1H3,(H,21,22)/t13-/m0/s1. The number of carbonyl (C=O) groups is 1. The van der Waals surface area contributed by atoms with Gasteiger partial charge in [-0.15, -0.1) is 11.3 Å². The van der Waals surface area contributed by atoms with Crippen LogP contribution in [0.1, 0.15) is 36.2 Å². The van der Waals surface area contributed by atoms with Gasteiger partial charge >= 0.3 is 5.97 Å². The molecule has 0 radical (unpaired) electrons. The maximum absolute atomic E-state index is 11.5. The van der Waals surface area contributed by atoms with Crippen molar-refractivity contribution in [3.8, 4) is 5.88 Å². The summed E-state index contributed by atoms with van der Waals surface area (Å²) in [5.41, 5.74) is 2.72. The minimum Gasteiger partial charge on any atom is -0.493 e. The first-order valence-electron chi connectivity index (χ1n) is 7.55. The van der Waals surface area contributed by atoms with E-state index in [0.29, 0.717) is 21.7 Å². The lowest BCUT2D eigenvalue weighted by Gasteiger charge is -2.14. The van der Waals surface area contributed by atoms with Gasteiger partial charge in [0, 0.05) is 17.4 Å². The second kappa shape index (κ2) is 6.70. The van der Waals surface area contributed by atoms with E-state index in [0.717, 1.165) is 16.8 Å². The highest BCUT2D eigenvalue weighted by Crippen LogP contribution is 2.37. The van der Waals surface area contributed by atoms with Crippen LogP contribution in [0.15, 0.2) is 29.3 Å². The number of fused-ring (bicyclic) bond motifs is 1. The van der Waals surface area contributed by atoms with Crippen LogP contribution >= 0.6 is 23.6 Å². The van der Waals surface area contributed by atoms with Gasteiger partial charge in [0.2, 0.25) is 5.88 Å². The number of benzene rings is 1. The van der Waals surface area contributed by atoms with Crippen LogP contribution in [-0.4, -0.2) is 27.0 Å². The number of carboxylic acid groups (broad SMARTS) is 1. The minimum atomic E-state index is -0.993. The van der Waals surface area contributed by atoms with E-state index in [1.54, 1.807) is 12.3 Å². The van der Waals surface area contributed by atoms with E-state index in [1.165, 1.54) is 15.9 Å². The van der Waals surface area contributed by atoms with Crippen LogP contribution in [0.5, 0.6) is 5.88 Å². The Hall–Kier alpha value is -2.25. The Kier molecular flexibility index (Phi) is 4.64. The molecule has 1 aromatic heterocycles. The van der Waals surface area contributed by atoms with Crippen molar-refractivity contribution in [2.45, 2.75) is 25.8 Å². The SMILES string of the molecule is CCC[C@@H](C(=O)O)n1c(O)c(C=C2C=Nc3ccccc32)sc1=S. The van der Waals surface area contributed by atoms with Crippen LogP contribution in [0.25, 0.3) is 11.6 Å². The van der Waals surface area contributed by atoms with Crippen molar-refractivity contribution in [1.29, 1.82) is 0 Å². The predicted octanol–water partition coefficient (Wildman–Crippen LogP) is 4.67. The molecule has 0 fully saturated rings. The van der Waals surface area contributed by atoms with E-state index in [4.69, 9.17) is 12.2 Å². The Morgan fingerprint density at radius 3 is 2.92 bits per heavy atom. The summed E-state index contributed by atoms with van der Waals surface area (Å²) >= 11 is 6.48. The van der Waals surface area contributed by atoms with Crippen LogP contribution in [-0.2, 0) is 4.79 Å². The number of nitrogens with zero attached hydrogens (tertiary/aromatic N) is 2. The van der Waals surface area contributed by atoms with Crippen LogP contribution in [0, 0.1) is 3.95 Å². The molecule has 0 bridgehead atoms. The zero-order chi connectivity index (χ0) is 17.3. The molecule has 1 atom stereocenters. The van der Waals surface area contributed by atoms with Gasteiger partial charge in [-0.1, -0.05) is 31.5 Å². The number of thiazole rings is 1. The van der Waals surface area contributed by atoms with Gasteiger partial charge in [-0.25, -0.2) is 4.79 Å². The summed E-state index contributed by atoms with van der Waals surface area (Å²) in [5.74, 6) is -1.09. The minimum absolute atomic E-state index is 0.101. The highest BCUT2D eigenvalue weighted by atomic mass is 32.1. The van der Waals surface area contributed by atoms with E-state index >= 15 is 0 Å². The number of hydrogen-bond acceptors (Lipinski definition) is 5. The molecule has 24 heavy (non-hydrogen) atoms. The first-order chi connectivity index (χ1) is 11.5. The van der Waals surface area contributed by atoms with Crippen molar-refractivity contribution in [1.82, 2.24) is 4.57 Å². The normalized spacial score (nSPS) is 15.6. The van der Waals surface area contributed by atoms with Gasteiger partial charge in [0.05, 0.1) is 10.6 Å². The average Bonchev–Trinajstić information content (AvgIpc) is 3.08. The number of carboxylic acids is 1.